The molecule has 32 heavy (non-hydrogen) atoms. The fourth-order valence-corrected chi connectivity index (χ4v) is 7.40. The monoisotopic (exact) mass is 426 g/mol. The second kappa shape index (κ2) is 7.37. The first-order chi connectivity index (χ1) is 15.5. The molecular formula is C29H30O3. The van der Waals surface area contributed by atoms with Crippen molar-refractivity contribution < 1.29 is 14.6 Å². The first kappa shape index (κ1) is 19.8. The molecular weight excluding hydrogens is 396 g/mol. The van der Waals surface area contributed by atoms with Crippen LogP contribution < -0.4 is 4.74 Å². The van der Waals surface area contributed by atoms with Gasteiger partial charge in [-0.3, -0.25) is 0 Å². The summed E-state index contributed by atoms with van der Waals surface area (Å²) in [5.41, 5.74) is 4.44. The topological polar surface area (TPSA) is 46.5 Å². The van der Waals surface area contributed by atoms with E-state index in [0.29, 0.717) is 12.2 Å². The first-order valence-corrected chi connectivity index (χ1v) is 12.1. The molecule has 7 rings (SSSR count). The van der Waals surface area contributed by atoms with Crippen LogP contribution in [0, 0.1) is 17.8 Å². The van der Waals surface area contributed by atoms with E-state index in [1.165, 1.54) is 55.2 Å². The highest BCUT2D eigenvalue weighted by Crippen LogP contribution is 2.62. The highest BCUT2D eigenvalue weighted by Gasteiger charge is 2.52. The van der Waals surface area contributed by atoms with E-state index in [-0.39, 0.29) is 5.41 Å². The molecule has 0 aliphatic heterocycles. The van der Waals surface area contributed by atoms with Crippen LogP contribution in [0.1, 0.15) is 61.4 Å². The Morgan fingerprint density at radius 3 is 2.12 bits per heavy atom. The lowest BCUT2D eigenvalue weighted by Crippen LogP contribution is -2.48. The van der Waals surface area contributed by atoms with Crippen molar-refractivity contribution in [2.45, 2.75) is 50.9 Å². The van der Waals surface area contributed by atoms with Crippen molar-refractivity contribution in [3.05, 3.63) is 65.7 Å². The van der Waals surface area contributed by atoms with Crippen LogP contribution in [-0.4, -0.2) is 17.7 Å². The van der Waals surface area contributed by atoms with Crippen molar-refractivity contribution in [1.29, 1.82) is 0 Å². The zero-order valence-electron chi connectivity index (χ0n) is 18.6. The predicted molar refractivity (Wildman–Crippen MR) is 127 cm³/mol. The summed E-state index contributed by atoms with van der Waals surface area (Å²) >= 11 is 0. The Kier molecular flexibility index (Phi) is 4.57. The average Bonchev–Trinajstić information content (AvgIpc) is 2.78. The molecule has 0 saturated heterocycles. The summed E-state index contributed by atoms with van der Waals surface area (Å²) in [7, 11) is 0. The molecule has 0 heterocycles. The largest absolute Gasteiger partial charge is 0.494 e. The van der Waals surface area contributed by atoms with Gasteiger partial charge in [0.05, 0.1) is 12.2 Å². The minimum Gasteiger partial charge on any atom is -0.494 e. The Bertz CT molecular complexity index is 1170. The molecule has 3 aromatic rings. The van der Waals surface area contributed by atoms with E-state index in [9.17, 15) is 9.90 Å². The average molecular weight is 427 g/mol. The quantitative estimate of drug-likeness (QED) is 0.474. The second-order valence-electron chi connectivity index (χ2n) is 10.4. The second-order valence-corrected chi connectivity index (χ2v) is 10.4. The minimum absolute atomic E-state index is 0.280. The van der Waals surface area contributed by atoms with E-state index < -0.39 is 5.97 Å². The lowest BCUT2D eigenvalue weighted by atomic mass is 9.48. The molecule has 3 nitrogen and oxygen atoms in total. The smallest absolute Gasteiger partial charge is 0.335 e. The fraction of sp³-hybridized carbons (Fsp3) is 0.414. The Hall–Kier alpha value is -2.81. The maximum absolute atomic E-state index is 11.3. The van der Waals surface area contributed by atoms with Gasteiger partial charge in [-0.15, -0.1) is 0 Å². The summed E-state index contributed by atoms with van der Waals surface area (Å²) in [5, 5.41) is 11.3. The number of hydrogen-bond acceptors (Lipinski definition) is 2. The molecule has 4 saturated carbocycles. The fourth-order valence-electron chi connectivity index (χ4n) is 7.40. The van der Waals surface area contributed by atoms with Crippen LogP contribution >= 0.6 is 0 Å². The maximum atomic E-state index is 11.3. The molecule has 4 aliphatic rings. The number of ether oxygens (including phenoxy) is 1. The van der Waals surface area contributed by atoms with Crippen LogP contribution in [0.3, 0.4) is 0 Å². The van der Waals surface area contributed by atoms with E-state index >= 15 is 0 Å². The molecule has 4 aliphatic carbocycles. The van der Waals surface area contributed by atoms with Gasteiger partial charge in [-0.1, -0.05) is 24.3 Å². The molecule has 3 heteroatoms. The van der Waals surface area contributed by atoms with Crippen LogP contribution in [0.5, 0.6) is 5.75 Å². The number of hydrogen-bond donors (Lipinski definition) is 1. The third-order valence-corrected chi connectivity index (χ3v) is 8.31. The lowest BCUT2D eigenvalue weighted by Gasteiger charge is -2.57. The SMILES string of the molecule is CCOc1ccc(-c2ccc3cc(C(=O)O)ccc3c2)cc1C12CC3CC(CC(C3)C1)C2. The van der Waals surface area contributed by atoms with Gasteiger partial charge in [0.15, 0.2) is 0 Å². The van der Waals surface area contributed by atoms with Gasteiger partial charge in [0, 0.05) is 5.56 Å². The normalized spacial score (nSPS) is 28.2. The van der Waals surface area contributed by atoms with Gasteiger partial charge < -0.3 is 9.84 Å². The molecule has 0 radical (unpaired) electrons. The number of benzene rings is 3. The molecule has 4 fully saturated rings. The van der Waals surface area contributed by atoms with Gasteiger partial charge in [-0.05, 0) is 121 Å². The van der Waals surface area contributed by atoms with Crippen LogP contribution in [0.2, 0.25) is 0 Å². The van der Waals surface area contributed by atoms with E-state index in [2.05, 4.69) is 37.3 Å². The summed E-state index contributed by atoms with van der Waals surface area (Å²) in [4.78, 5) is 11.3. The molecule has 3 aromatic carbocycles. The molecule has 164 valence electrons. The third kappa shape index (κ3) is 3.21. The van der Waals surface area contributed by atoms with Crippen LogP contribution in [0.15, 0.2) is 54.6 Å². The van der Waals surface area contributed by atoms with Gasteiger partial charge in [-0.2, -0.15) is 0 Å². The Balaban J connectivity index is 1.43. The number of carboxylic acids is 1. The standard InChI is InChI=1S/C29H30O3/c1-2-32-27-8-7-24(22-3-4-23-13-25(28(30)31)6-5-21(23)12-22)14-26(27)29-15-18-9-19(16-29)11-20(10-18)17-29/h3-8,12-14,18-20H,2,9-11,15-17H2,1H3,(H,30,31). The highest BCUT2D eigenvalue weighted by molar-refractivity contribution is 5.95. The molecule has 0 atom stereocenters. The van der Waals surface area contributed by atoms with Crippen molar-refractivity contribution in [1.82, 2.24) is 0 Å². The first-order valence-electron chi connectivity index (χ1n) is 12.1. The Morgan fingerprint density at radius 1 is 0.875 bits per heavy atom. The summed E-state index contributed by atoms with van der Waals surface area (Å²) in [5.74, 6) is 2.86. The van der Waals surface area contributed by atoms with Crippen molar-refractivity contribution in [2.75, 3.05) is 6.61 Å². The van der Waals surface area contributed by atoms with E-state index in [0.717, 1.165) is 34.3 Å². The number of aromatic carboxylic acids is 1. The van der Waals surface area contributed by atoms with E-state index in [1.54, 1.807) is 12.1 Å². The van der Waals surface area contributed by atoms with E-state index in [4.69, 9.17) is 4.74 Å². The molecule has 4 bridgehead atoms. The lowest BCUT2D eigenvalue weighted by molar-refractivity contribution is -0.00631. The summed E-state index contributed by atoms with van der Waals surface area (Å²) in [6.07, 6.45) is 8.26. The van der Waals surface area contributed by atoms with Crippen molar-refractivity contribution in [2.24, 2.45) is 17.8 Å². The predicted octanol–water partition coefficient (Wildman–Crippen LogP) is 7.07. The minimum atomic E-state index is -0.886. The molecule has 0 unspecified atom stereocenters. The number of fused-ring (bicyclic) bond motifs is 1. The van der Waals surface area contributed by atoms with Gasteiger partial charge in [0.1, 0.15) is 5.75 Å². The maximum Gasteiger partial charge on any atom is 0.335 e. The summed E-state index contributed by atoms with van der Waals surface area (Å²) in [6, 6.07) is 18.5. The van der Waals surface area contributed by atoms with Crippen LogP contribution in [-0.2, 0) is 5.41 Å². The number of carboxylic acid groups (broad SMARTS) is 1. The zero-order valence-corrected chi connectivity index (χ0v) is 18.6. The van der Waals surface area contributed by atoms with Crippen molar-refractivity contribution in [3.63, 3.8) is 0 Å². The van der Waals surface area contributed by atoms with Gasteiger partial charge in [0.25, 0.3) is 0 Å². The van der Waals surface area contributed by atoms with Crippen LogP contribution in [0.25, 0.3) is 21.9 Å². The highest BCUT2D eigenvalue weighted by atomic mass is 16.5. The third-order valence-electron chi connectivity index (χ3n) is 8.31. The van der Waals surface area contributed by atoms with Gasteiger partial charge in [-0.25, -0.2) is 4.79 Å². The molecule has 0 spiro atoms. The molecule has 0 amide bonds. The summed E-state index contributed by atoms with van der Waals surface area (Å²) in [6.45, 7) is 2.77. The van der Waals surface area contributed by atoms with Crippen molar-refractivity contribution >= 4 is 16.7 Å². The summed E-state index contributed by atoms with van der Waals surface area (Å²) < 4.78 is 6.17. The van der Waals surface area contributed by atoms with Gasteiger partial charge >= 0.3 is 5.97 Å². The van der Waals surface area contributed by atoms with E-state index in [1.807, 2.05) is 12.1 Å². The Morgan fingerprint density at radius 2 is 1.47 bits per heavy atom. The Labute approximate surface area is 189 Å². The van der Waals surface area contributed by atoms with Crippen molar-refractivity contribution in [3.8, 4) is 16.9 Å². The van der Waals surface area contributed by atoms with Crippen LogP contribution in [0.4, 0.5) is 0 Å². The molecule has 1 N–H and O–H groups in total. The molecule has 0 aromatic heterocycles. The zero-order chi connectivity index (χ0) is 21.9. The number of rotatable bonds is 5. The number of carbonyl (C=O) groups is 1. The van der Waals surface area contributed by atoms with Gasteiger partial charge in [0.2, 0.25) is 0 Å².